The molecule has 1 aromatic rings. The van der Waals surface area contributed by atoms with Crippen LogP contribution in [0.3, 0.4) is 0 Å². The maximum atomic E-state index is 12.3. The standard InChI is InChI=1S/C14H18Cl2N2O3S/c1-2-22(20,21)18-7-5-10(6-8-18)14(19)17-13-4-3-11(15)9-12(13)16/h3-4,9-10H,2,5-8H2,1H3,(H,17,19). The quantitative estimate of drug-likeness (QED) is 0.892. The molecule has 1 N–H and O–H groups in total. The van der Waals surface area contributed by atoms with Crippen LogP contribution in [-0.4, -0.2) is 37.5 Å². The SMILES string of the molecule is CCS(=O)(=O)N1CCC(C(=O)Nc2ccc(Cl)cc2Cl)CC1. The van der Waals surface area contributed by atoms with Gasteiger partial charge in [0.1, 0.15) is 0 Å². The molecule has 5 nitrogen and oxygen atoms in total. The molecule has 122 valence electrons. The highest BCUT2D eigenvalue weighted by Gasteiger charge is 2.30. The van der Waals surface area contributed by atoms with Crippen molar-refractivity contribution >= 4 is 44.8 Å². The molecule has 0 spiro atoms. The number of nitrogens with one attached hydrogen (secondary N) is 1. The second kappa shape index (κ2) is 7.17. The lowest BCUT2D eigenvalue weighted by molar-refractivity contribution is -0.120. The minimum Gasteiger partial charge on any atom is -0.325 e. The van der Waals surface area contributed by atoms with Gasteiger partial charge in [0, 0.05) is 24.0 Å². The third-order valence-electron chi connectivity index (χ3n) is 3.77. The molecule has 22 heavy (non-hydrogen) atoms. The molecule has 0 bridgehead atoms. The summed E-state index contributed by atoms with van der Waals surface area (Å²) in [6, 6.07) is 4.87. The van der Waals surface area contributed by atoms with Gasteiger partial charge in [0.15, 0.2) is 0 Å². The van der Waals surface area contributed by atoms with E-state index in [1.807, 2.05) is 0 Å². The zero-order chi connectivity index (χ0) is 16.3. The molecule has 1 aliphatic rings. The Bertz CT molecular complexity index is 656. The average molecular weight is 365 g/mol. The molecule has 0 radical (unpaired) electrons. The Hall–Kier alpha value is -0.820. The highest BCUT2D eigenvalue weighted by molar-refractivity contribution is 7.89. The van der Waals surface area contributed by atoms with Gasteiger partial charge in [0.2, 0.25) is 15.9 Å². The number of nitrogens with zero attached hydrogens (tertiary/aromatic N) is 1. The van der Waals surface area contributed by atoms with E-state index in [1.165, 1.54) is 4.31 Å². The second-order valence-corrected chi connectivity index (χ2v) is 8.29. The molecule has 2 rings (SSSR count). The van der Waals surface area contributed by atoms with Crippen LogP contribution < -0.4 is 5.32 Å². The van der Waals surface area contributed by atoms with E-state index in [-0.39, 0.29) is 17.6 Å². The number of carbonyl (C=O) groups excluding carboxylic acids is 1. The number of piperidine rings is 1. The Morgan fingerprint density at radius 2 is 1.95 bits per heavy atom. The molecule has 1 amide bonds. The summed E-state index contributed by atoms with van der Waals surface area (Å²) in [5, 5.41) is 3.66. The first-order valence-electron chi connectivity index (χ1n) is 7.07. The topological polar surface area (TPSA) is 66.5 Å². The highest BCUT2D eigenvalue weighted by atomic mass is 35.5. The molecule has 1 saturated heterocycles. The minimum absolute atomic E-state index is 0.0875. The molecule has 1 fully saturated rings. The summed E-state index contributed by atoms with van der Waals surface area (Å²) in [5.41, 5.74) is 0.514. The Labute approximate surface area is 140 Å². The number of hydrogen-bond acceptors (Lipinski definition) is 3. The number of halogens is 2. The van der Waals surface area contributed by atoms with E-state index in [0.29, 0.717) is 41.7 Å². The fourth-order valence-electron chi connectivity index (χ4n) is 2.40. The van der Waals surface area contributed by atoms with Crippen LogP contribution in [0.15, 0.2) is 18.2 Å². The largest absolute Gasteiger partial charge is 0.325 e. The number of hydrogen-bond donors (Lipinski definition) is 1. The number of anilines is 1. The van der Waals surface area contributed by atoms with E-state index in [0.717, 1.165) is 0 Å². The van der Waals surface area contributed by atoms with Crippen LogP contribution in [0.4, 0.5) is 5.69 Å². The number of rotatable bonds is 4. The monoisotopic (exact) mass is 364 g/mol. The van der Waals surface area contributed by atoms with E-state index < -0.39 is 10.0 Å². The molecular formula is C14H18Cl2N2O3S. The van der Waals surface area contributed by atoms with Gasteiger partial charge in [0.05, 0.1) is 16.5 Å². The van der Waals surface area contributed by atoms with Crippen molar-refractivity contribution in [1.29, 1.82) is 0 Å². The van der Waals surface area contributed by atoms with Crippen molar-refractivity contribution in [2.75, 3.05) is 24.2 Å². The van der Waals surface area contributed by atoms with Crippen molar-refractivity contribution in [3.05, 3.63) is 28.2 Å². The van der Waals surface area contributed by atoms with Gasteiger partial charge in [-0.15, -0.1) is 0 Å². The van der Waals surface area contributed by atoms with Crippen LogP contribution in [0.5, 0.6) is 0 Å². The van der Waals surface area contributed by atoms with Crippen LogP contribution in [0.1, 0.15) is 19.8 Å². The summed E-state index contributed by atoms with van der Waals surface area (Å²) in [6.45, 7) is 2.38. The van der Waals surface area contributed by atoms with Crippen molar-refractivity contribution < 1.29 is 13.2 Å². The van der Waals surface area contributed by atoms with Gasteiger partial charge in [-0.3, -0.25) is 4.79 Å². The van der Waals surface area contributed by atoms with E-state index in [4.69, 9.17) is 23.2 Å². The van der Waals surface area contributed by atoms with E-state index in [1.54, 1.807) is 25.1 Å². The lowest BCUT2D eigenvalue weighted by Crippen LogP contribution is -2.42. The van der Waals surface area contributed by atoms with Gasteiger partial charge < -0.3 is 5.32 Å². The van der Waals surface area contributed by atoms with E-state index in [2.05, 4.69) is 5.32 Å². The Morgan fingerprint density at radius 1 is 1.32 bits per heavy atom. The summed E-state index contributed by atoms with van der Waals surface area (Å²) in [5.74, 6) is -0.266. The van der Waals surface area contributed by atoms with E-state index >= 15 is 0 Å². The third-order valence-corrected chi connectivity index (χ3v) is 6.20. The maximum absolute atomic E-state index is 12.3. The predicted octanol–water partition coefficient (Wildman–Crippen LogP) is 2.99. The van der Waals surface area contributed by atoms with Crippen LogP contribution in [0.2, 0.25) is 10.0 Å². The van der Waals surface area contributed by atoms with Gasteiger partial charge >= 0.3 is 0 Å². The molecule has 0 atom stereocenters. The Balaban J connectivity index is 1.95. The number of benzene rings is 1. The van der Waals surface area contributed by atoms with Gasteiger partial charge in [-0.25, -0.2) is 12.7 Å². The molecule has 1 heterocycles. The summed E-state index contributed by atoms with van der Waals surface area (Å²) >= 11 is 11.8. The maximum Gasteiger partial charge on any atom is 0.227 e. The van der Waals surface area contributed by atoms with Crippen molar-refractivity contribution in [3.8, 4) is 0 Å². The minimum atomic E-state index is -3.17. The fourth-order valence-corrected chi connectivity index (χ4v) is 3.99. The van der Waals surface area contributed by atoms with Gasteiger partial charge in [-0.2, -0.15) is 0 Å². The average Bonchev–Trinajstić information content (AvgIpc) is 2.50. The van der Waals surface area contributed by atoms with Crippen molar-refractivity contribution in [2.45, 2.75) is 19.8 Å². The second-order valence-electron chi connectivity index (χ2n) is 5.19. The Kier molecular flexibility index (Phi) is 5.71. The van der Waals surface area contributed by atoms with Crippen molar-refractivity contribution in [1.82, 2.24) is 4.31 Å². The molecule has 8 heteroatoms. The van der Waals surface area contributed by atoms with E-state index in [9.17, 15) is 13.2 Å². The van der Waals surface area contributed by atoms with Crippen LogP contribution in [0, 0.1) is 5.92 Å². The van der Waals surface area contributed by atoms with Gasteiger partial charge in [0.25, 0.3) is 0 Å². The molecule has 1 aliphatic heterocycles. The zero-order valence-electron chi connectivity index (χ0n) is 12.2. The zero-order valence-corrected chi connectivity index (χ0v) is 14.5. The number of amides is 1. The lowest BCUT2D eigenvalue weighted by atomic mass is 9.97. The highest BCUT2D eigenvalue weighted by Crippen LogP contribution is 2.27. The summed E-state index contributed by atoms with van der Waals surface area (Å²) < 4.78 is 25.0. The fraction of sp³-hybridized carbons (Fsp3) is 0.500. The number of carbonyl (C=O) groups is 1. The lowest BCUT2D eigenvalue weighted by Gasteiger charge is -2.30. The Morgan fingerprint density at radius 3 is 2.50 bits per heavy atom. The molecule has 0 aliphatic carbocycles. The smallest absolute Gasteiger partial charge is 0.227 e. The first kappa shape index (κ1) is 17.5. The third kappa shape index (κ3) is 4.13. The predicted molar refractivity (Wildman–Crippen MR) is 88.8 cm³/mol. The molecule has 0 unspecified atom stereocenters. The van der Waals surface area contributed by atoms with Crippen molar-refractivity contribution in [2.24, 2.45) is 5.92 Å². The first-order chi connectivity index (χ1) is 10.3. The molecular weight excluding hydrogens is 347 g/mol. The van der Waals surface area contributed by atoms with Crippen LogP contribution >= 0.6 is 23.2 Å². The van der Waals surface area contributed by atoms with Gasteiger partial charge in [-0.1, -0.05) is 23.2 Å². The van der Waals surface area contributed by atoms with Crippen LogP contribution in [-0.2, 0) is 14.8 Å². The first-order valence-corrected chi connectivity index (χ1v) is 9.43. The molecule has 0 saturated carbocycles. The van der Waals surface area contributed by atoms with Crippen LogP contribution in [0.25, 0.3) is 0 Å². The summed E-state index contributed by atoms with van der Waals surface area (Å²) in [6.07, 6.45) is 1.02. The molecule has 0 aromatic heterocycles. The number of sulfonamides is 1. The molecule has 1 aromatic carbocycles. The van der Waals surface area contributed by atoms with Gasteiger partial charge in [-0.05, 0) is 38.0 Å². The van der Waals surface area contributed by atoms with Crippen molar-refractivity contribution in [3.63, 3.8) is 0 Å². The summed E-state index contributed by atoms with van der Waals surface area (Å²) in [4.78, 5) is 12.3. The summed E-state index contributed by atoms with van der Waals surface area (Å²) in [7, 11) is -3.17. The normalized spacial score (nSPS) is 17.4.